The van der Waals surface area contributed by atoms with Crippen molar-refractivity contribution in [3.05, 3.63) is 29.8 Å². The largest absolute Gasteiger partial charge is 0.342 e. The second kappa shape index (κ2) is 10.4. The third-order valence-electron chi connectivity index (χ3n) is 5.67. The van der Waals surface area contributed by atoms with Gasteiger partial charge in [-0.2, -0.15) is 0 Å². The molecule has 3 amide bonds. The van der Waals surface area contributed by atoms with Crippen LogP contribution >= 0.6 is 0 Å². The molecule has 2 fully saturated rings. The minimum absolute atomic E-state index is 0.107. The molecular weight excluding hydrogens is 368 g/mol. The van der Waals surface area contributed by atoms with Crippen LogP contribution in [0.4, 0.5) is 5.69 Å². The Balaban J connectivity index is 1.42. The Hall–Kier alpha value is -2.41. The average molecular weight is 401 g/mol. The van der Waals surface area contributed by atoms with Crippen molar-refractivity contribution in [1.82, 2.24) is 14.7 Å². The molecule has 7 heteroatoms. The lowest BCUT2D eigenvalue weighted by atomic mass is 10.1. The maximum absolute atomic E-state index is 12.6. The van der Waals surface area contributed by atoms with Crippen molar-refractivity contribution >= 4 is 23.4 Å². The van der Waals surface area contributed by atoms with Gasteiger partial charge in [-0.3, -0.25) is 19.3 Å². The van der Waals surface area contributed by atoms with Gasteiger partial charge in [0, 0.05) is 51.9 Å². The van der Waals surface area contributed by atoms with E-state index in [4.69, 9.17) is 0 Å². The lowest BCUT2D eigenvalue weighted by Gasteiger charge is -2.35. The van der Waals surface area contributed by atoms with E-state index in [1.807, 2.05) is 34.1 Å². The lowest BCUT2D eigenvalue weighted by Crippen LogP contribution is -2.52. The van der Waals surface area contributed by atoms with Crippen LogP contribution in [0, 0.1) is 0 Å². The first kappa shape index (κ1) is 21.3. The van der Waals surface area contributed by atoms with Crippen molar-refractivity contribution in [3.8, 4) is 0 Å². The average Bonchev–Trinajstić information content (AvgIpc) is 2.99. The Morgan fingerprint density at radius 1 is 0.793 bits per heavy atom. The maximum Gasteiger partial charge on any atom is 0.236 e. The van der Waals surface area contributed by atoms with Crippen LogP contribution < -0.4 is 5.32 Å². The minimum Gasteiger partial charge on any atom is -0.342 e. The molecule has 3 rings (SSSR count). The number of benzene rings is 1. The topological polar surface area (TPSA) is 73.0 Å². The highest BCUT2D eigenvalue weighted by Crippen LogP contribution is 2.13. The number of rotatable bonds is 5. The molecule has 158 valence electrons. The fourth-order valence-electron chi connectivity index (χ4n) is 3.96. The molecule has 1 aromatic carbocycles. The zero-order valence-electron chi connectivity index (χ0n) is 17.4. The summed E-state index contributed by atoms with van der Waals surface area (Å²) in [6, 6.07) is 7.38. The summed E-state index contributed by atoms with van der Waals surface area (Å²) >= 11 is 0. The smallest absolute Gasteiger partial charge is 0.236 e. The summed E-state index contributed by atoms with van der Waals surface area (Å²) in [4.78, 5) is 42.3. The molecule has 1 aromatic rings. The van der Waals surface area contributed by atoms with E-state index in [9.17, 15) is 14.4 Å². The summed E-state index contributed by atoms with van der Waals surface area (Å²) < 4.78 is 0. The van der Waals surface area contributed by atoms with Gasteiger partial charge >= 0.3 is 0 Å². The molecule has 0 unspecified atom stereocenters. The normalized spacial score (nSPS) is 18.2. The lowest BCUT2D eigenvalue weighted by molar-refractivity contribution is -0.134. The number of carbonyl (C=O) groups excluding carboxylic acids is 3. The van der Waals surface area contributed by atoms with Crippen molar-refractivity contribution in [3.63, 3.8) is 0 Å². The molecule has 0 radical (unpaired) electrons. The Kier molecular flexibility index (Phi) is 7.63. The van der Waals surface area contributed by atoms with Crippen molar-refractivity contribution in [2.75, 3.05) is 51.1 Å². The number of anilines is 1. The van der Waals surface area contributed by atoms with Crippen molar-refractivity contribution in [2.24, 2.45) is 0 Å². The summed E-state index contributed by atoms with van der Waals surface area (Å²) in [7, 11) is 0. The van der Waals surface area contributed by atoms with E-state index in [0.717, 1.165) is 50.3 Å². The van der Waals surface area contributed by atoms with Crippen molar-refractivity contribution in [2.45, 2.75) is 39.0 Å². The van der Waals surface area contributed by atoms with Gasteiger partial charge in [0.25, 0.3) is 0 Å². The molecule has 2 aliphatic rings. The van der Waals surface area contributed by atoms with Gasteiger partial charge in [-0.15, -0.1) is 0 Å². The van der Waals surface area contributed by atoms with Gasteiger partial charge < -0.3 is 15.1 Å². The van der Waals surface area contributed by atoms with Gasteiger partial charge in [0.05, 0.1) is 13.0 Å². The molecule has 0 atom stereocenters. The number of piperazine rings is 1. The number of carbonyl (C=O) groups is 3. The summed E-state index contributed by atoms with van der Waals surface area (Å²) in [5.74, 6) is 0.225. The van der Waals surface area contributed by atoms with Gasteiger partial charge in [0.15, 0.2) is 0 Å². The van der Waals surface area contributed by atoms with Crippen molar-refractivity contribution < 1.29 is 14.4 Å². The Labute approximate surface area is 173 Å². The van der Waals surface area contributed by atoms with Crippen LogP contribution in [0.3, 0.4) is 0 Å². The number of nitrogens with one attached hydrogen (secondary N) is 1. The van der Waals surface area contributed by atoms with Crippen molar-refractivity contribution in [1.29, 1.82) is 0 Å². The number of hydrogen-bond donors (Lipinski definition) is 1. The zero-order valence-corrected chi connectivity index (χ0v) is 17.4. The number of likely N-dealkylation sites (tertiary alicyclic amines) is 1. The van der Waals surface area contributed by atoms with E-state index in [-0.39, 0.29) is 17.7 Å². The first-order valence-electron chi connectivity index (χ1n) is 10.7. The highest BCUT2D eigenvalue weighted by atomic mass is 16.2. The predicted molar refractivity (Wildman–Crippen MR) is 113 cm³/mol. The SMILES string of the molecule is CC(=O)Nc1ccc(CC(=O)N2CCN(CC(=O)N3CCCCCC3)CC2)cc1. The highest BCUT2D eigenvalue weighted by molar-refractivity contribution is 5.88. The summed E-state index contributed by atoms with van der Waals surface area (Å²) in [5.41, 5.74) is 1.67. The molecule has 2 heterocycles. The predicted octanol–water partition coefficient (Wildman–Crippen LogP) is 1.73. The number of nitrogens with zero attached hydrogens (tertiary/aromatic N) is 3. The van der Waals surface area contributed by atoms with E-state index in [0.29, 0.717) is 26.1 Å². The van der Waals surface area contributed by atoms with E-state index in [1.54, 1.807) is 0 Å². The molecule has 1 N–H and O–H groups in total. The van der Waals surface area contributed by atoms with Gasteiger partial charge in [-0.25, -0.2) is 0 Å². The second-order valence-corrected chi connectivity index (χ2v) is 8.01. The summed E-state index contributed by atoms with van der Waals surface area (Å²) in [6.07, 6.45) is 5.02. The second-order valence-electron chi connectivity index (χ2n) is 8.01. The van der Waals surface area contributed by atoms with E-state index in [1.165, 1.54) is 19.8 Å². The molecule has 0 saturated carbocycles. The molecule has 0 aliphatic carbocycles. The molecule has 0 spiro atoms. The van der Waals surface area contributed by atoms with Crippen LogP contribution in [-0.4, -0.2) is 78.2 Å². The molecular formula is C22H32N4O3. The van der Waals surface area contributed by atoms with Crippen LogP contribution in [0.2, 0.25) is 0 Å². The summed E-state index contributed by atoms with van der Waals surface area (Å²) in [6.45, 7) is 6.52. The molecule has 29 heavy (non-hydrogen) atoms. The Morgan fingerprint density at radius 2 is 1.38 bits per heavy atom. The quantitative estimate of drug-likeness (QED) is 0.817. The summed E-state index contributed by atoms with van der Waals surface area (Å²) in [5, 5.41) is 2.73. The molecule has 7 nitrogen and oxygen atoms in total. The van der Waals surface area contributed by atoms with E-state index >= 15 is 0 Å². The van der Waals surface area contributed by atoms with Crippen LogP contribution in [0.25, 0.3) is 0 Å². The van der Waals surface area contributed by atoms with Gasteiger partial charge in [-0.1, -0.05) is 25.0 Å². The van der Waals surface area contributed by atoms with Crippen LogP contribution in [0.15, 0.2) is 24.3 Å². The molecule has 0 bridgehead atoms. The van der Waals surface area contributed by atoms with Crippen LogP contribution in [-0.2, 0) is 20.8 Å². The molecule has 2 saturated heterocycles. The van der Waals surface area contributed by atoms with E-state index in [2.05, 4.69) is 10.2 Å². The van der Waals surface area contributed by atoms with E-state index < -0.39 is 0 Å². The molecule has 2 aliphatic heterocycles. The number of hydrogen-bond acceptors (Lipinski definition) is 4. The first-order valence-corrected chi connectivity index (χ1v) is 10.7. The fourth-order valence-corrected chi connectivity index (χ4v) is 3.96. The van der Waals surface area contributed by atoms with Gasteiger partial charge in [0.2, 0.25) is 17.7 Å². The minimum atomic E-state index is -0.110. The van der Waals surface area contributed by atoms with Gasteiger partial charge in [-0.05, 0) is 30.5 Å². The third-order valence-corrected chi connectivity index (χ3v) is 5.67. The molecule has 0 aromatic heterocycles. The van der Waals surface area contributed by atoms with Crippen LogP contribution in [0.5, 0.6) is 0 Å². The first-order chi connectivity index (χ1) is 14.0. The zero-order chi connectivity index (χ0) is 20.6. The monoisotopic (exact) mass is 400 g/mol. The Morgan fingerprint density at radius 3 is 1.97 bits per heavy atom. The fraction of sp³-hybridized carbons (Fsp3) is 0.591. The Bertz CT molecular complexity index is 703. The highest BCUT2D eigenvalue weighted by Gasteiger charge is 2.24. The van der Waals surface area contributed by atoms with Gasteiger partial charge in [0.1, 0.15) is 0 Å². The maximum atomic E-state index is 12.6. The standard InChI is InChI=1S/C22H32N4O3/c1-18(27)23-20-8-6-19(7-9-20)16-21(28)26-14-12-24(13-15-26)17-22(29)25-10-4-2-3-5-11-25/h6-9H,2-5,10-17H2,1H3,(H,23,27). The van der Waals surface area contributed by atoms with Crippen LogP contribution in [0.1, 0.15) is 38.2 Å². The third kappa shape index (κ3) is 6.56. The number of amides is 3.